The van der Waals surface area contributed by atoms with Crippen molar-refractivity contribution in [1.29, 1.82) is 0 Å². The fourth-order valence-electron chi connectivity index (χ4n) is 2.11. The Kier molecular flexibility index (Phi) is 4.87. The fourth-order valence-corrected chi connectivity index (χ4v) is 2.68. The average molecular weight is 287 g/mol. The van der Waals surface area contributed by atoms with E-state index in [4.69, 9.17) is 23.2 Å². The van der Waals surface area contributed by atoms with Gasteiger partial charge in [0.15, 0.2) is 0 Å². The standard InChI is InChI=1S/C13H16Cl2N2O/c14-10-5-3-6-11(15)12(10)13(18)17-9-4-1-2-7-16-8-9/h3,5-6,9,16H,1-2,4,7-8H2,(H,17,18). The molecular weight excluding hydrogens is 271 g/mol. The number of carbonyl (C=O) groups excluding carboxylic acids is 1. The van der Waals surface area contributed by atoms with Crippen molar-refractivity contribution < 1.29 is 4.79 Å². The van der Waals surface area contributed by atoms with Gasteiger partial charge in [0, 0.05) is 12.6 Å². The number of amides is 1. The van der Waals surface area contributed by atoms with Gasteiger partial charge in [-0.3, -0.25) is 4.79 Å². The molecule has 0 spiro atoms. The number of benzene rings is 1. The quantitative estimate of drug-likeness (QED) is 0.878. The zero-order valence-electron chi connectivity index (χ0n) is 10.0. The van der Waals surface area contributed by atoms with Crippen molar-refractivity contribution in [2.45, 2.75) is 25.3 Å². The van der Waals surface area contributed by atoms with E-state index in [0.717, 1.165) is 32.4 Å². The van der Waals surface area contributed by atoms with E-state index in [-0.39, 0.29) is 11.9 Å². The molecule has 1 aliphatic heterocycles. The summed E-state index contributed by atoms with van der Waals surface area (Å²) in [5.74, 6) is -0.195. The number of rotatable bonds is 2. The van der Waals surface area contributed by atoms with Crippen LogP contribution in [-0.2, 0) is 0 Å². The van der Waals surface area contributed by atoms with Crippen LogP contribution in [0.4, 0.5) is 0 Å². The number of carbonyl (C=O) groups is 1. The third-order valence-corrected chi connectivity index (χ3v) is 3.70. The Bertz CT molecular complexity index is 409. The molecule has 1 atom stereocenters. The van der Waals surface area contributed by atoms with Gasteiger partial charge < -0.3 is 10.6 Å². The summed E-state index contributed by atoms with van der Waals surface area (Å²) >= 11 is 12.0. The molecule has 98 valence electrons. The van der Waals surface area contributed by atoms with E-state index in [1.807, 2.05) is 0 Å². The van der Waals surface area contributed by atoms with Crippen molar-refractivity contribution in [3.05, 3.63) is 33.8 Å². The van der Waals surface area contributed by atoms with Gasteiger partial charge in [0.2, 0.25) is 0 Å². The largest absolute Gasteiger partial charge is 0.348 e. The van der Waals surface area contributed by atoms with Crippen molar-refractivity contribution in [3.63, 3.8) is 0 Å². The summed E-state index contributed by atoms with van der Waals surface area (Å²) in [6.45, 7) is 1.81. The van der Waals surface area contributed by atoms with E-state index in [9.17, 15) is 4.79 Å². The van der Waals surface area contributed by atoms with Crippen LogP contribution in [-0.4, -0.2) is 25.0 Å². The molecule has 0 bridgehead atoms. The topological polar surface area (TPSA) is 41.1 Å². The lowest BCUT2D eigenvalue weighted by atomic mass is 10.1. The lowest BCUT2D eigenvalue weighted by Gasteiger charge is -2.17. The third kappa shape index (κ3) is 3.37. The van der Waals surface area contributed by atoms with Crippen molar-refractivity contribution >= 4 is 29.1 Å². The van der Waals surface area contributed by atoms with Crippen LogP contribution in [0.5, 0.6) is 0 Å². The Labute approximate surface area is 117 Å². The highest BCUT2D eigenvalue weighted by molar-refractivity contribution is 6.39. The monoisotopic (exact) mass is 286 g/mol. The molecule has 2 rings (SSSR count). The predicted octanol–water partition coefficient (Wildman–Crippen LogP) is 2.87. The second kappa shape index (κ2) is 6.41. The number of nitrogens with one attached hydrogen (secondary N) is 2. The molecule has 0 aromatic heterocycles. The second-order valence-electron chi connectivity index (χ2n) is 4.47. The van der Waals surface area contributed by atoms with Gasteiger partial charge in [-0.2, -0.15) is 0 Å². The molecule has 1 aromatic rings. The molecule has 5 heteroatoms. The average Bonchev–Trinajstić information content (AvgIpc) is 2.57. The first kappa shape index (κ1) is 13.7. The molecule has 1 saturated heterocycles. The number of hydrogen-bond acceptors (Lipinski definition) is 2. The van der Waals surface area contributed by atoms with Crippen LogP contribution in [0, 0.1) is 0 Å². The normalized spacial score (nSPS) is 20.2. The third-order valence-electron chi connectivity index (χ3n) is 3.07. The van der Waals surface area contributed by atoms with E-state index < -0.39 is 0 Å². The summed E-state index contributed by atoms with van der Waals surface area (Å²) in [6, 6.07) is 5.23. The van der Waals surface area contributed by atoms with Crippen LogP contribution in [0.2, 0.25) is 10.0 Å². The summed E-state index contributed by atoms with van der Waals surface area (Å²) < 4.78 is 0. The van der Waals surface area contributed by atoms with E-state index in [0.29, 0.717) is 15.6 Å². The Morgan fingerprint density at radius 3 is 2.72 bits per heavy atom. The van der Waals surface area contributed by atoms with Gasteiger partial charge in [-0.1, -0.05) is 35.7 Å². The molecule has 1 heterocycles. The first-order valence-corrected chi connectivity index (χ1v) is 6.89. The summed E-state index contributed by atoms with van der Waals surface area (Å²) in [5, 5.41) is 7.07. The van der Waals surface area contributed by atoms with Crippen LogP contribution in [0.1, 0.15) is 29.6 Å². The van der Waals surface area contributed by atoms with Gasteiger partial charge in [-0.25, -0.2) is 0 Å². The molecule has 2 N–H and O–H groups in total. The molecule has 1 amide bonds. The van der Waals surface area contributed by atoms with E-state index >= 15 is 0 Å². The van der Waals surface area contributed by atoms with Crippen LogP contribution >= 0.6 is 23.2 Å². The van der Waals surface area contributed by atoms with Gasteiger partial charge in [0.05, 0.1) is 15.6 Å². The lowest BCUT2D eigenvalue weighted by molar-refractivity contribution is 0.0936. The first-order chi connectivity index (χ1) is 8.68. The van der Waals surface area contributed by atoms with Crippen LogP contribution < -0.4 is 10.6 Å². The summed E-state index contributed by atoms with van der Waals surface area (Å²) in [7, 11) is 0. The maximum absolute atomic E-state index is 12.2. The van der Waals surface area contributed by atoms with Crippen LogP contribution in [0.3, 0.4) is 0 Å². The van der Waals surface area contributed by atoms with E-state index in [1.54, 1.807) is 18.2 Å². The number of halogens is 2. The van der Waals surface area contributed by atoms with E-state index in [1.165, 1.54) is 0 Å². The predicted molar refractivity (Wildman–Crippen MR) is 74.4 cm³/mol. The zero-order chi connectivity index (χ0) is 13.0. The Morgan fingerprint density at radius 2 is 2.00 bits per heavy atom. The van der Waals surface area contributed by atoms with Crippen molar-refractivity contribution in [2.75, 3.05) is 13.1 Å². The van der Waals surface area contributed by atoms with Gasteiger partial charge in [-0.15, -0.1) is 0 Å². The van der Waals surface area contributed by atoms with Gasteiger partial charge in [0.25, 0.3) is 5.91 Å². The first-order valence-electron chi connectivity index (χ1n) is 6.14. The summed E-state index contributed by atoms with van der Waals surface area (Å²) in [5.41, 5.74) is 0.366. The molecule has 0 aliphatic carbocycles. The lowest BCUT2D eigenvalue weighted by Crippen LogP contribution is -2.41. The molecule has 1 aliphatic rings. The molecular formula is C13H16Cl2N2O. The Hall–Kier alpha value is -0.770. The fraction of sp³-hybridized carbons (Fsp3) is 0.462. The molecule has 1 unspecified atom stereocenters. The van der Waals surface area contributed by atoms with Crippen molar-refractivity contribution in [2.24, 2.45) is 0 Å². The SMILES string of the molecule is O=C(NC1CCCCNC1)c1c(Cl)cccc1Cl. The van der Waals surface area contributed by atoms with Crippen LogP contribution in [0.15, 0.2) is 18.2 Å². The molecule has 0 saturated carbocycles. The zero-order valence-corrected chi connectivity index (χ0v) is 11.5. The minimum Gasteiger partial charge on any atom is -0.348 e. The Morgan fingerprint density at radius 1 is 1.28 bits per heavy atom. The second-order valence-corrected chi connectivity index (χ2v) is 5.28. The molecule has 1 aromatic carbocycles. The van der Waals surface area contributed by atoms with Gasteiger partial charge in [0.1, 0.15) is 0 Å². The summed E-state index contributed by atoms with van der Waals surface area (Å²) in [6.07, 6.45) is 3.26. The van der Waals surface area contributed by atoms with Crippen molar-refractivity contribution in [1.82, 2.24) is 10.6 Å². The molecule has 3 nitrogen and oxygen atoms in total. The minimum atomic E-state index is -0.195. The van der Waals surface area contributed by atoms with Crippen molar-refractivity contribution in [3.8, 4) is 0 Å². The summed E-state index contributed by atoms with van der Waals surface area (Å²) in [4.78, 5) is 12.2. The van der Waals surface area contributed by atoms with Gasteiger partial charge >= 0.3 is 0 Å². The van der Waals surface area contributed by atoms with Gasteiger partial charge in [-0.05, 0) is 31.5 Å². The highest BCUT2D eigenvalue weighted by Gasteiger charge is 2.19. The number of hydrogen-bond donors (Lipinski definition) is 2. The molecule has 0 radical (unpaired) electrons. The highest BCUT2D eigenvalue weighted by Crippen LogP contribution is 2.24. The maximum Gasteiger partial charge on any atom is 0.254 e. The highest BCUT2D eigenvalue weighted by atomic mass is 35.5. The Balaban J connectivity index is 2.07. The molecule has 1 fully saturated rings. The smallest absolute Gasteiger partial charge is 0.254 e. The maximum atomic E-state index is 12.2. The molecule has 18 heavy (non-hydrogen) atoms. The van der Waals surface area contributed by atoms with E-state index in [2.05, 4.69) is 10.6 Å². The minimum absolute atomic E-state index is 0.146. The van der Waals surface area contributed by atoms with Crippen LogP contribution in [0.25, 0.3) is 0 Å².